The molecule has 1 saturated heterocycles. The third kappa shape index (κ3) is 6.17. The first kappa shape index (κ1) is 28.4. The fraction of sp³-hybridized carbons (Fsp3) is 0.452. The van der Waals surface area contributed by atoms with Crippen molar-refractivity contribution in [3.8, 4) is 0 Å². The Hall–Kier alpha value is -3.65. The van der Waals surface area contributed by atoms with Crippen molar-refractivity contribution in [2.45, 2.75) is 52.6 Å². The minimum Gasteiger partial charge on any atom is -0.463 e. The van der Waals surface area contributed by atoms with E-state index < -0.39 is 12.0 Å². The van der Waals surface area contributed by atoms with Gasteiger partial charge in [-0.15, -0.1) is 0 Å². The Morgan fingerprint density at radius 2 is 1.72 bits per heavy atom. The van der Waals surface area contributed by atoms with Crippen molar-refractivity contribution >= 4 is 17.9 Å². The van der Waals surface area contributed by atoms with E-state index in [0.29, 0.717) is 55.5 Å². The number of hydrogen-bond donors (Lipinski definition) is 1. The van der Waals surface area contributed by atoms with Crippen molar-refractivity contribution in [3.05, 3.63) is 82.6 Å². The van der Waals surface area contributed by atoms with Crippen LogP contribution in [0, 0.1) is 0 Å². The third-order valence-corrected chi connectivity index (χ3v) is 7.55. The van der Waals surface area contributed by atoms with Crippen molar-refractivity contribution in [1.82, 2.24) is 20.0 Å². The van der Waals surface area contributed by atoms with Gasteiger partial charge in [-0.2, -0.15) is 0 Å². The van der Waals surface area contributed by atoms with Crippen molar-refractivity contribution < 1.29 is 19.1 Å². The summed E-state index contributed by atoms with van der Waals surface area (Å²) in [7, 11) is 0. The number of esters is 1. The van der Waals surface area contributed by atoms with E-state index in [2.05, 4.69) is 24.1 Å². The molecule has 0 aliphatic carbocycles. The number of hydrogen-bond acceptors (Lipinski definition) is 5. The number of nitrogens with one attached hydrogen (secondary N) is 1. The number of carbonyl (C=O) groups excluding carboxylic acids is 3. The maximum absolute atomic E-state index is 13.4. The molecule has 2 atom stereocenters. The lowest BCUT2D eigenvalue weighted by atomic mass is 9.92. The summed E-state index contributed by atoms with van der Waals surface area (Å²) in [4.78, 5) is 45.5. The number of amides is 3. The van der Waals surface area contributed by atoms with Gasteiger partial charge in [0.2, 0.25) is 0 Å². The molecule has 4 rings (SSSR count). The largest absolute Gasteiger partial charge is 0.463 e. The maximum atomic E-state index is 13.4. The van der Waals surface area contributed by atoms with Gasteiger partial charge in [0, 0.05) is 50.0 Å². The number of rotatable bonds is 8. The van der Waals surface area contributed by atoms with Crippen LogP contribution in [0.3, 0.4) is 0 Å². The van der Waals surface area contributed by atoms with Gasteiger partial charge in [-0.05, 0) is 49.9 Å². The molecule has 0 spiro atoms. The monoisotopic (exact) mass is 532 g/mol. The lowest BCUT2D eigenvalue weighted by Crippen LogP contribution is -2.56. The zero-order valence-corrected chi connectivity index (χ0v) is 23.6. The van der Waals surface area contributed by atoms with Crippen LogP contribution in [-0.2, 0) is 9.53 Å². The average molecular weight is 533 g/mol. The molecule has 2 aromatic rings. The van der Waals surface area contributed by atoms with Crippen molar-refractivity contribution in [3.63, 3.8) is 0 Å². The highest BCUT2D eigenvalue weighted by atomic mass is 16.5. The van der Waals surface area contributed by atoms with E-state index in [9.17, 15) is 14.4 Å². The lowest BCUT2D eigenvalue weighted by Gasteiger charge is -2.43. The molecule has 2 heterocycles. The summed E-state index contributed by atoms with van der Waals surface area (Å²) < 4.78 is 5.52. The number of nitrogens with zero attached hydrogens (tertiary/aromatic N) is 3. The molecule has 1 N–H and O–H groups in total. The molecule has 208 valence electrons. The highest BCUT2D eigenvalue weighted by Gasteiger charge is 2.39. The van der Waals surface area contributed by atoms with Gasteiger partial charge in [-0.3, -0.25) is 14.6 Å². The molecule has 3 amide bonds. The van der Waals surface area contributed by atoms with Gasteiger partial charge in [-0.1, -0.05) is 56.3 Å². The Balaban J connectivity index is 1.64. The molecule has 1 fully saturated rings. The smallest absolute Gasteiger partial charge is 0.338 e. The van der Waals surface area contributed by atoms with E-state index in [4.69, 9.17) is 4.74 Å². The second-order valence-electron chi connectivity index (χ2n) is 10.5. The van der Waals surface area contributed by atoms with E-state index in [1.807, 2.05) is 73.3 Å². The molecular formula is C31H40N4O4. The molecule has 2 unspecified atom stereocenters. The predicted molar refractivity (Wildman–Crippen MR) is 151 cm³/mol. The number of piperazine rings is 1. The van der Waals surface area contributed by atoms with Crippen LogP contribution < -0.4 is 5.32 Å². The van der Waals surface area contributed by atoms with Gasteiger partial charge in [0.05, 0.1) is 18.2 Å². The first-order valence-electron chi connectivity index (χ1n) is 13.9. The molecule has 2 aliphatic rings. The molecule has 0 radical (unpaired) electrons. The first-order chi connectivity index (χ1) is 18.7. The van der Waals surface area contributed by atoms with Crippen LogP contribution in [0.15, 0.2) is 65.9 Å². The zero-order chi connectivity index (χ0) is 28.1. The molecule has 39 heavy (non-hydrogen) atoms. The van der Waals surface area contributed by atoms with E-state index in [1.54, 1.807) is 11.8 Å². The van der Waals surface area contributed by atoms with Gasteiger partial charge >= 0.3 is 12.0 Å². The summed E-state index contributed by atoms with van der Waals surface area (Å²) in [5.74, 6) is -0.0261. The number of carbonyl (C=O) groups is 3. The summed E-state index contributed by atoms with van der Waals surface area (Å²) >= 11 is 0. The minimum absolute atomic E-state index is 0.0197. The Morgan fingerprint density at radius 1 is 1.03 bits per heavy atom. The highest BCUT2D eigenvalue weighted by molar-refractivity contribution is 5.95. The summed E-state index contributed by atoms with van der Waals surface area (Å²) in [5, 5.41) is 3.04. The fourth-order valence-electron chi connectivity index (χ4n) is 5.42. The van der Waals surface area contributed by atoms with E-state index in [0.717, 1.165) is 5.56 Å². The van der Waals surface area contributed by atoms with Crippen molar-refractivity contribution in [2.24, 2.45) is 0 Å². The SMILES string of the molecule is CCOC(=O)C1=C(CN2CCN(C(=O)c3ccccc3)C(C)C2)N(CC)C(=O)NC1c1ccc(C(C)C)cc1. The topological polar surface area (TPSA) is 82.2 Å². The molecular weight excluding hydrogens is 492 g/mol. The Kier molecular flexibility index (Phi) is 9.07. The van der Waals surface area contributed by atoms with Gasteiger partial charge in [0.25, 0.3) is 5.91 Å². The lowest BCUT2D eigenvalue weighted by molar-refractivity contribution is -0.139. The third-order valence-electron chi connectivity index (χ3n) is 7.55. The van der Waals surface area contributed by atoms with Gasteiger partial charge in [0.1, 0.15) is 0 Å². The highest BCUT2D eigenvalue weighted by Crippen LogP contribution is 2.33. The minimum atomic E-state index is -0.603. The van der Waals surface area contributed by atoms with Crippen LogP contribution in [0.1, 0.15) is 68.1 Å². The van der Waals surface area contributed by atoms with Crippen molar-refractivity contribution in [1.29, 1.82) is 0 Å². The van der Waals surface area contributed by atoms with Crippen LogP contribution in [0.2, 0.25) is 0 Å². The molecule has 8 nitrogen and oxygen atoms in total. The average Bonchev–Trinajstić information content (AvgIpc) is 2.93. The second kappa shape index (κ2) is 12.5. The number of benzene rings is 2. The van der Waals surface area contributed by atoms with Gasteiger partial charge < -0.3 is 15.0 Å². The summed E-state index contributed by atoms with van der Waals surface area (Å²) in [6, 6.07) is 16.5. The van der Waals surface area contributed by atoms with Crippen molar-refractivity contribution in [2.75, 3.05) is 39.3 Å². The van der Waals surface area contributed by atoms with Crippen LogP contribution in [0.4, 0.5) is 4.79 Å². The number of likely N-dealkylation sites (N-methyl/N-ethyl adjacent to an activating group) is 1. The predicted octanol–water partition coefficient (Wildman–Crippen LogP) is 4.56. The van der Waals surface area contributed by atoms with Gasteiger partial charge in [-0.25, -0.2) is 9.59 Å². The molecule has 2 aliphatic heterocycles. The number of urea groups is 1. The van der Waals surface area contributed by atoms with E-state index in [-0.39, 0.29) is 24.6 Å². The maximum Gasteiger partial charge on any atom is 0.338 e. The normalized spacial score (nSPS) is 20.3. The second-order valence-corrected chi connectivity index (χ2v) is 10.5. The van der Waals surface area contributed by atoms with Gasteiger partial charge in [0.15, 0.2) is 0 Å². The molecule has 8 heteroatoms. The summed E-state index contributed by atoms with van der Waals surface area (Å²) in [6.07, 6.45) is 0. The van der Waals surface area contributed by atoms with Crippen LogP contribution in [0.25, 0.3) is 0 Å². The van der Waals surface area contributed by atoms with E-state index in [1.165, 1.54) is 5.56 Å². The molecule has 0 bridgehead atoms. The molecule has 2 aromatic carbocycles. The zero-order valence-electron chi connectivity index (χ0n) is 23.6. The Bertz CT molecular complexity index is 1210. The fourth-order valence-corrected chi connectivity index (χ4v) is 5.42. The molecule has 0 saturated carbocycles. The summed E-state index contributed by atoms with van der Waals surface area (Å²) in [5.41, 5.74) is 3.84. The van der Waals surface area contributed by atoms with E-state index >= 15 is 0 Å². The van der Waals surface area contributed by atoms with Crippen LogP contribution >= 0.6 is 0 Å². The van der Waals surface area contributed by atoms with Crippen LogP contribution in [-0.4, -0.2) is 78.0 Å². The quantitative estimate of drug-likeness (QED) is 0.504. The van der Waals surface area contributed by atoms with Crippen LogP contribution in [0.5, 0.6) is 0 Å². The number of ether oxygens (including phenoxy) is 1. The summed E-state index contributed by atoms with van der Waals surface area (Å²) in [6.45, 7) is 12.9. The Morgan fingerprint density at radius 3 is 2.31 bits per heavy atom. The first-order valence-corrected chi connectivity index (χ1v) is 13.9. The Labute approximate surface area is 231 Å². The molecule has 0 aromatic heterocycles. The standard InChI is InChI=1S/C31H40N4O4/c1-6-34-26(20-33-17-18-35(22(5)19-33)29(36)25-11-9-8-10-12-25)27(30(37)39-7-2)28(32-31(34)38)24-15-13-23(14-16-24)21(3)4/h8-16,21-22,28H,6-7,17-20H2,1-5H3,(H,32,38).